The molecule has 0 amide bonds. The van der Waals surface area contributed by atoms with Gasteiger partial charge in [-0.25, -0.2) is 18.2 Å². The summed E-state index contributed by atoms with van der Waals surface area (Å²) in [5.41, 5.74) is 4.98. The van der Waals surface area contributed by atoms with Gasteiger partial charge in [0.2, 0.25) is 5.78 Å². The van der Waals surface area contributed by atoms with Crippen molar-refractivity contribution in [3.63, 3.8) is 0 Å². The molecule has 0 spiro atoms. The predicted octanol–water partition coefficient (Wildman–Crippen LogP) is 6.66. The molecule has 0 saturated carbocycles. The number of benzene rings is 2. The summed E-state index contributed by atoms with van der Waals surface area (Å²) in [6.45, 7) is 1.64. The lowest BCUT2D eigenvalue weighted by molar-refractivity contribution is -0.137. The van der Waals surface area contributed by atoms with Gasteiger partial charge in [0.15, 0.2) is 17.5 Å². The van der Waals surface area contributed by atoms with Crippen molar-refractivity contribution in [1.29, 1.82) is 0 Å². The first-order chi connectivity index (χ1) is 17.3. The number of ketones is 1. The molecule has 0 aliphatic heterocycles. The molecule has 0 radical (unpaired) electrons. The van der Waals surface area contributed by atoms with Gasteiger partial charge in [0.05, 0.1) is 28.0 Å². The van der Waals surface area contributed by atoms with E-state index in [1.54, 1.807) is 14.0 Å². The lowest BCUT2D eigenvalue weighted by Gasteiger charge is -2.18. The number of fused-ring (bicyclic) bond motifs is 2. The van der Waals surface area contributed by atoms with Crippen molar-refractivity contribution in [3.8, 4) is 11.1 Å². The largest absolute Gasteiger partial charge is 0.417 e. The van der Waals surface area contributed by atoms with E-state index in [9.17, 15) is 31.1 Å². The first-order valence-electron chi connectivity index (χ1n) is 10.6. The third-order valence-corrected chi connectivity index (χ3v) is 7.06. The first-order valence-corrected chi connectivity index (χ1v) is 11.7. The van der Waals surface area contributed by atoms with Crippen molar-refractivity contribution in [2.75, 3.05) is 5.73 Å². The molecule has 0 unspecified atom stereocenters. The summed E-state index contributed by atoms with van der Waals surface area (Å²) in [5, 5.41) is 0. The Labute approximate surface area is 218 Å². The number of hydrogen-bond donors (Lipinski definition) is 1. The molecule has 0 aliphatic rings. The SMILES string of the molecule is Cc1nc2c(N)c(-c3cccn4c(C(=O)c5cc(F)c(F)c(F)c5)cc(I)c34)c(C(F)(F)F)cc2n1C. The Morgan fingerprint density at radius 1 is 1.08 bits per heavy atom. The number of hydrogen-bond acceptors (Lipinski definition) is 3. The highest BCUT2D eigenvalue weighted by molar-refractivity contribution is 14.1. The third kappa shape index (κ3) is 3.85. The fourth-order valence-corrected chi connectivity index (χ4v) is 5.24. The fraction of sp³-hybridized carbons (Fsp3) is 0.120. The van der Waals surface area contributed by atoms with Crippen LogP contribution < -0.4 is 5.73 Å². The quantitative estimate of drug-likeness (QED) is 0.0800. The number of pyridine rings is 1. The number of nitrogens with zero attached hydrogens (tertiary/aromatic N) is 3. The molecule has 5 nitrogen and oxygen atoms in total. The van der Waals surface area contributed by atoms with E-state index in [1.807, 2.05) is 22.6 Å². The van der Waals surface area contributed by atoms with E-state index < -0.39 is 40.5 Å². The number of aryl methyl sites for hydroxylation is 2. The number of carbonyl (C=O) groups excluding carboxylic acids is 1. The maximum Gasteiger partial charge on any atom is 0.417 e. The standard InChI is InChI=1S/C25H15F6IN4O/c1-10-34-22-17(35(10)2)8-13(25(29,30)31)19(21(22)33)12-4-3-5-36-18(9-16(32)23(12)36)24(37)11-6-14(26)20(28)15(27)7-11/h3-9H,33H2,1-2H3. The molecule has 5 rings (SSSR count). The molecular weight excluding hydrogens is 613 g/mol. The van der Waals surface area contributed by atoms with E-state index in [1.165, 1.54) is 33.4 Å². The molecule has 37 heavy (non-hydrogen) atoms. The van der Waals surface area contributed by atoms with Gasteiger partial charge in [0, 0.05) is 33.5 Å². The molecule has 0 atom stereocenters. The fourth-order valence-electron chi connectivity index (χ4n) is 4.40. The van der Waals surface area contributed by atoms with Crippen LogP contribution in [0.5, 0.6) is 0 Å². The summed E-state index contributed by atoms with van der Waals surface area (Å²) in [6, 6.07) is 6.34. The first kappa shape index (κ1) is 25.1. The molecule has 3 aromatic heterocycles. The van der Waals surface area contributed by atoms with Crippen LogP contribution in [0, 0.1) is 27.9 Å². The average molecular weight is 628 g/mol. The van der Waals surface area contributed by atoms with Crippen molar-refractivity contribution in [2.24, 2.45) is 7.05 Å². The number of nitrogens with two attached hydrogens (primary N) is 1. The summed E-state index contributed by atoms with van der Waals surface area (Å²) in [7, 11) is 1.58. The van der Waals surface area contributed by atoms with Crippen molar-refractivity contribution in [3.05, 3.63) is 86.3 Å². The van der Waals surface area contributed by atoms with E-state index in [0.29, 0.717) is 21.5 Å². The van der Waals surface area contributed by atoms with Gasteiger partial charge >= 0.3 is 6.18 Å². The zero-order valence-electron chi connectivity index (χ0n) is 19.0. The van der Waals surface area contributed by atoms with Crippen LogP contribution in [0.1, 0.15) is 27.4 Å². The van der Waals surface area contributed by atoms with E-state index in [0.717, 1.165) is 6.07 Å². The minimum absolute atomic E-state index is 0.0810. The summed E-state index contributed by atoms with van der Waals surface area (Å²) in [6.07, 6.45) is -3.35. The number of aromatic nitrogens is 3. The lowest BCUT2D eigenvalue weighted by Crippen LogP contribution is -2.11. The summed E-state index contributed by atoms with van der Waals surface area (Å²) in [4.78, 5) is 17.5. The lowest BCUT2D eigenvalue weighted by atomic mass is 9.96. The second-order valence-electron chi connectivity index (χ2n) is 8.40. The van der Waals surface area contributed by atoms with Gasteiger partial charge in [0.25, 0.3) is 0 Å². The average Bonchev–Trinajstić information content (AvgIpc) is 3.32. The molecule has 2 aromatic carbocycles. The van der Waals surface area contributed by atoms with Crippen molar-refractivity contribution in [2.45, 2.75) is 13.1 Å². The van der Waals surface area contributed by atoms with E-state index >= 15 is 0 Å². The molecule has 190 valence electrons. The molecule has 2 N–H and O–H groups in total. The Kier molecular flexibility index (Phi) is 5.77. The Balaban J connectivity index is 1.81. The molecular formula is C25H15F6IN4O. The van der Waals surface area contributed by atoms with E-state index in [4.69, 9.17) is 5.73 Å². The van der Waals surface area contributed by atoms with Crippen LogP contribution in [0.3, 0.4) is 0 Å². The van der Waals surface area contributed by atoms with Gasteiger partial charge < -0.3 is 14.7 Å². The van der Waals surface area contributed by atoms with Crippen LogP contribution >= 0.6 is 22.6 Å². The maximum atomic E-state index is 14.3. The Bertz CT molecular complexity index is 1750. The Morgan fingerprint density at radius 2 is 1.73 bits per heavy atom. The second-order valence-corrected chi connectivity index (χ2v) is 9.56. The number of carbonyl (C=O) groups is 1. The predicted molar refractivity (Wildman–Crippen MR) is 134 cm³/mol. The van der Waals surface area contributed by atoms with Crippen LogP contribution in [0.25, 0.3) is 27.7 Å². The van der Waals surface area contributed by atoms with E-state index in [2.05, 4.69) is 4.98 Å². The summed E-state index contributed by atoms with van der Waals surface area (Å²) < 4.78 is 87.0. The molecule has 0 saturated heterocycles. The monoisotopic (exact) mass is 628 g/mol. The van der Waals surface area contributed by atoms with Crippen molar-refractivity contribution in [1.82, 2.24) is 14.0 Å². The molecule has 0 bridgehead atoms. The smallest absolute Gasteiger partial charge is 0.396 e. The molecule has 12 heteroatoms. The van der Waals surface area contributed by atoms with E-state index in [-0.39, 0.29) is 39.1 Å². The van der Waals surface area contributed by atoms with Crippen LogP contribution in [0.15, 0.2) is 42.6 Å². The summed E-state index contributed by atoms with van der Waals surface area (Å²) in [5.74, 6) is -5.19. The Morgan fingerprint density at radius 3 is 2.35 bits per heavy atom. The normalized spacial score (nSPS) is 12.1. The van der Waals surface area contributed by atoms with Crippen LogP contribution in [-0.2, 0) is 13.2 Å². The van der Waals surface area contributed by atoms with Crippen LogP contribution in [0.4, 0.5) is 32.0 Å². The van der Waals surface area contributed by atoms with Crippen molar-refractivity contribution >= 4 is 50.6 Å². The van der Waals surface area contributed by atoms with Gasteiger partial charge in [-0.1, -0.05) is 6.07 Å². The molecule has 3 heterocycles. The van der Waals surface area contributed by atoms with Gasteiger partial charge in [-0.05, 0) is 59.8 Å². The highest BCUT2D eigenvalue weighted by atomic mass is 127. The highest BCUT2D eigenvalue weighted by Crippen LogP contribution is 2.45. The van der Waals surface area contributed by atoms with Crippen LogP contribution in [0.2, 0.25) is 0 Å². The van der Waals surface area contributed by atoms with Gasteiger partial charge in [-0.2, -0.15) is 13.2 Å². The minimum Gasteiger partial charge on any atom is -0.396 e. The minimum atomic E-state index is -4.78. The Hall–Kier alpha value is -3.55. The highest BCUT2D eigenvalue weighted by Gasteiger charge is 2.37. The zero-order valence-corrected chi connectivity index (χ0v) is 21.2. The van der Waals surface area contributed by atoms with Crippen molar-refractivity contribution < 1.29 is 31.1 Å². The number of halogens is 7. The number of anilines is 1. The topological polar surface area (TPSA) is 65.3 Å². The number of nitrogen functional groups attached to an aromatic ring is 1. The summed E-state index contributed by atoms with van der Waals surface area (Å²) >= 11 is 1.85. The second kappa shape index (κ2) is 8.50. The number of alkyl halides is 3. The van der Waals surface area contributed by atoms with Gasteiger partial charge in [-0.15, -0.1) is 0 Å². The molecule has 5 aromatic rings. The van der Waals surface area contributed by atoms with Gasteiger partial charge in [0.1, 0.15) is 11.3 Å². The van der Waals surface area contributed by atoms with Crippen LogP contribution in [-0.4, -0.2) is 19.7 Å². The van der Waals surface area contributed by atoms with Gasteiger partial charge in [-0.3, -0.25) is 4.79 Å². The zero-order chi connectivity index (χ0) is 27.0. The maximum absolute atomic E-state index is 14.3. The third-order valence-electron chi connectivity index (χ3n) is 6.23. The molecule has 0 fully saturated rings. The molecule has 0 aliphatic carbocycles. The number of rotatable bonds is 3. The number of imidazole rings is 1.